The molecule has 142 valence electrons. The van der Waals surface area contributed by atoms with Gasteiger partial charge >= 0.3 is 0 Å². The molecule has 0 aliphatic heterocycles. The zero-order valence-electron chi connectivity index (χ0n) is 15.7. The van der Waals surface area contributed by atoms with Gasteiger partial charge in [0.25, 0.3) is 5.56 Å². The van der Waals surface area contributed by atoms with Crippen LogP contribution in [0.4, 0.5) is 0 Å². The highest BCUT2D eigenvalue weighted by Gasteiger charge is 2.21. The monoisotopic (exact) mass is 409 g/mol. The van der Waals surface area contributed by atoms with E-state index in [1.807, 2.05) is 83.2 Å². The smallest absolute Gasteiger partial charge is 0.296 e. The summed E-state index contributed by atoms with van der Waals surface area (Å²) in [4.78, 5) is 13.4. The first-order chi connectivity index (χ1) is 13.5. The third-order valence-corrected chi connectivity index (χ3v) is 6.02. The molecule has 0 aliphatic rings. The topological polar surface area (TPSA) is 41.1 Å². The molecular formula is C21H19N3O2S2. The van der Waals surface area contributed by atoms with E-state index in [1.54, 1.807) is 11.8 Å². The van der Waals surface area contributed by atoms with E-state index in [0.29, 0.717) is 9.64 Å². The van der Waals surface area contributed by atoms with Gasteiger partial charge in [0.15, 0.2) is 3.95 Å². The molecule has 0 N–H and O–H groups in total. The van der Waals surface area contributed by atoms with E-state index in [2.05, 4.69) is 0 Å². The number of rotatable bonds is 4. The zero-order valence-corrected chi connectivity index (χ0v) is 17.4. The highest BCUT2D eigenvalue weighted by molar-refractivity contribution is 7.73. The molecule has 0 amide bonds. The fourth-order valence-corrected chi connectivity index (χ4v) is 4.38. The van der Waals surface area contributed by atoms with Gasteiger partial charge in [0.05, 0.1) is 24.2 Å². The van der Waals surface area contributed by atoms with Gasteiger partial charge in [0.1, 0.15) is 11.4 Å². The van der Waals surface area contributed by atoms with Crippen LogP contribution in [-0.2, 0) is 7.05 Å². The maximum Gasteiger partial charge on any atom is 0.296 e. The number of hydrogen-bond acceptors (Lipinski definition) is 4. The van der Waals surface area contributed by atoms with E-state index in [1.165, 1.54) is 11.3 Å². The van der Waals surface area contributed by atoms with E-state index in [9.17, 15) is 4.79 Å². The number of para-hydroxylation sites is 1. The lowest BCUT2D eigenvalue weighted by Gasteiger charge is -2.08. The van der Waals surface area contributed by atoms with Gasteiger partial charge < -0.3 is 4.74 Å². The fraction of sp³-hybridized carbons (Fsp3) is 0.143. The van der Waals surface area contributed by atoms with Gasteiger partial charge in [0, 0.05) is 12.4 Å². The van der Waals surface area contributed by atoms with Gasteiger partial charge in [-0.3, -0.25) is 14.0 Å². The van der Waals surface area contributed by atoms with E-state index in [4.69, 9.17) is 17.0 Å². The molecule has 5 nitrogen and oxygen atoms in total. The fourth-order valence-electron chi connectivity index (χ4n) is 3.29. The van der Waals surface area contributed by atoms with Crippen LogP contribution in [0.25, 0.3) is 22.6 Å². The van der Waals surface area contributed by atoms with Gasteiger partial charge in [-0.1, -0.05) is 18.2 Å². The Morgan fingerprint density at radius 3 is 2.36 bits per heavy atom. The van der Waals surface area contributed by atoms with Crippen LogP contribution in [0.15, 0.2) is 64.8 Å². The number of methoxy groups -OCH3 is 1. The van der Waals surface area contributed by atoms with Gasteiger partial charge in [-0.05, 0) is 61.1 Å². The summed E-state index contributed by atoms with van der Waals surface area (Å²) >= 11 is 7.04. The summed E-state index contributed by atoms with van der Waals surface area (Å²) in [5, 5.41) is 1.99. The summed E-state index contributed by atoms with van der Waals surface area (Å²) in [7, 11) is 3.52. The van der Waals surface area contributed by atoms with Gasteiger partial charge in [-0.2, -0.15) is 0 Å². The van der Waals surface area contributed by atoms with Crippen LogP contribution in [0, 0.1) is 10.9 Å². The predicted octanol–water partition coefficient (Wildman–Crippen LogP) is 4.74. The van der Waals surface area contributed by atoms with Crippen molar-refractivity contribution < 1.29 is 4.74 Å². The quantitative estimate of drug-likeness (QED) is 0.457. The molecule has 0 fully saturated rings. The molecule has 0 radical (unpaired) electrons. The van der Waals surface area contributed by atoms with E-state index in [0.717, 1.165) is 28.4 Å². The SMILES string of the molecule is COc1ccc(-c2csc(=S)n2-c2c(C)n(C)n(-c3ccccc3)c2=O)cc1. The number of nitrogens with zero attached hydrogens (tertiary/aromatic N) is 3. The summed E-state index contributed by atoms with van der Waals surface area (Å²) in [6.07, 6.45) is 0. The first-order valence-electron chi connectivity index (χ1n) is 8.72. The minimum absolute atomic E-state index is 0.101. The minimum Gasteiger partial charge on any atom is -0.497 e. The number of aromatic nitrogens is 3. The van der Waals surface area contributed by atoms with Crippen LogP contribution in [0.5, 0.6) is 5.75 Å². The molecule has 2 heterocycles. The Hall–Kier alpha value is -2.90. The number of benzene rings is 2. The Morgan fingerprint density at radius 2 is 1.71 bits per heavy atom. The highest BCUT2D eigenvalue weighted by Crippen LogP contribution is 2.29. The Morgan fingerprint density at radius 1 is 1.04 bits per heavy atom. The van der Waals surface area contributed by atoms with Crippen molar-refractivity contribution in [2.75, 3.05) is 7.11 Å². The van der Waals surface area contributed by atoms with Crippen LogP contribution >= 0.6 is 23.6 Å². The Bertz CT molecular complexity index is 1250. The first kappa shape index (κ1) is 18.5. The molecule has 2 aromatic carbocycles. The molecular weight excluding hydrogens is 390 g/mol. The molecule has 0 saturated heterocycles. The lowest BCUT2D eigenvalue weighted by atomic mass is 10.1. The van der Waals surface area contributed by atoms with Crippen molar-refractivity contribution in [3.63, 3.8) is 0 Å². The summed E-state index contributed by atoms with van der Waals surface area (Å²) in [6.45, 7) is 1.94. The van der Waals surface area contributed by atoms with Crippen molar-refractivity contribution in [1.29, 1.82) is 0 Å². The van der Waals surface area contributed by atoms with Crippen molar-refractivity contribution in [2.45, 2.75) is 6.92 Å². The average molecular weight is 410 g/mol. The van der Waals surface area contributed by atoms with E-state index >= 15 is 0 Å². The van der Waals surface area contributed by atoms with E-state index in [-0.39, 0.29) is 5.56 Å². The molecule has 0 bridgehead atoms. The summed E-state index contributed by atoms with van der Waals surface area (Å²) in [5.74, 6) is 0.784. The van der Waals surface area contributed by atoms with Crippen molar-refractivity contribution >= 4 is 23.6 Å². The largest absolute Gasteiger partial charge is 0.497 e. The van der Waals surface area contributed by atoms with Crippen molar-refractivity contribution in [3.8, 4) is 28.4 Å². The summed E-state index contributed by atoms with van der Waals surface area (Å²) in [5.41, 5.74) is 4.00. The Kier molecular flexibility index (Phi) is 4.78. The normalized spacial score (nSPS) is 11.0. The number of hydrogen-bond donors (Lipinski definition) is 0. The molecule has 0 aliphatic carbocycles. The van der Waals surface area contributed by atoms with Gasteiger partial charge in [-0.15, -0.1) is 11.3 Å². The van der Waals surface area contributed by atoms with Gasteiger partial charge in [0.2, 0.25) is 0 Å². The zero-order chi connectivity index (χ0) is 19.8. The predicted molar refractivity (Wildman–Crippen MR) is 116 cm³/mol. The van der Waals surface area contributed by atoms with Crippen LogP contribution in [-0.4, -0.2) is 21.0 Å². The van der Waals surface area contributed by atoms with Crippen LogP contribution in [0.3, 0.4) is 0 Å². The lowest BCUT2D eigenvalue weighted by molar-refractivity contribution is 0.415. The Labute approximate surface area is 171 Å². The van der Waals surface area contributed by atoms with Crippen LogP contribution < -0.4 is 10.3 Å². The minimum atomic E-state index is -0.101. The average Bonchev–Trinajstić information content (AvgIpc) is 3.19. The molecule has 28 heavy (non-hydrogen) atoms. The number of thiazole rings is 1. The van der Waals surface area contributed by atoms with Crippen molar-refractivity contribution in [2.24, 2.45) is 7.05 Å². The maximum absolute atomic E-state index is 13.4. The van der Waals surface area contributed by atoms with Crippen LogP contribution in [0.2, 0.25) is 0 Å². The van der Waals surface area contributed by atoms with Crippen molar-refractivity contribution in [3.05, 3.63) is 80.0 Å². The molecule has 0 saturated carbocycles. The second-order valence-electron chi connectivity index (χ2n) is 6.36. The first-order valence-corrected chi connectivity index (χ1v) is 10.0. The molecule has 2 aromatic heterocycles. The van der Waals surface area contributed by atoms with Crippen molar-refractivity contribution in [1.82, 2.24) is 13.9 Å². The lowest BCUT2D eigenvalue weighted by Crippen LogP contribution is -2.21. The molecule has 0 unspecified atom stereocenters. The number of ether oxygens (including phenoxy) is 1. The third-order valence-electron chi connectivity index (χ3n) is 4.83. The molecule has 0 atom stereocenters. The summed E-state index contributed by atoms with van der Waals surface area (Å²) in [6, 6.07) is 17.4. The molecule has 7 heteroatoms. The summed E-state index contributed by atoms with van der Waals surface area (Å²) < 4.78 is 11.3. The second-order valence-corrected chi connectivity index (χ2v) is 7.86. The molecule has 4 rings (SSSR count). The standard InChI is InChI=1S/C21H19N3O2S2/c1-14-19(20(25)24(22(14)2)16-7-5-4-6-8-16)23-18(13-28-21(23)27)15-9-11-17(26-3)12-10-15/h4-13H,1-3H3. The van der Waals surface area contributed by atoms with Crippen LogP contribution in [0.1, 0.15) is 5.69 Å². The highest BCUT2D eigenvalue weighted by atomic mass is 32.1. The second kappa shape index (κ2) is 7.26. The Balaban J connectivity index is 1.95. The maximum atomic E-state index is 13.4. The molecule has 0 spiro atoms. The molecule has 4 aromatic rings. The third kappa shape index (κ3) is 2.93. The van der Waals surface area contributed by atoms with E-state index < -0.39 is 0 Å². The van der Waals surface area contributed by atoms with Gasteiger partial charge in [-0.25, -0.2) is 4.68 Å².